The van der Waals surface area contributed by atoms with Crippen LogP contribution in [0.3, 0.4) is 0 Å². The van der Waals surface area contributed by atoms with E-state index in [2.05, 4.69) is 17.4 Å². The van der Waals surface area contributed by atoms with Gasteiger partial charge in [0.2, 0.25) is 0 Å². The van der Waals surface area contributed by atoms with Gasteiger partial charge in [0.15, 0.2) is 0 Å². The lowest BCUT2D eigenvalue weighted by Crippen LogP contribution is -2.24. The van der Waals surface area contributed by atoms with Crippen LogP contribution in [0.2, 0.25) is 0 Å². The van der Waals surface area contributed by atoms with E-state index in [9.17, 15) is 9.90 Å². The fourth-order valence-electron chi connectivity index (χ4n) is 2.63. The molecule has 1 amide bonds. The number of fused-ring (bicyclic) bond motifs is 1. The third-order valence-corrected chi connectivity index (χ3v) is 5.19. The number of carbonyl (C=O) groups excluding carboxylic acids is 1. The van der Waals surface area contributed by atoms with E-state index in [-0.39, 0.29) is 11.7 Å². The Hall–Kier alpha value is -2.33. The fraction of sp³-hybridized carbons (Fsp3) is 0.211. The minimum absolute atomic E-state index is 0.00871. The van der Waals surface area contributed by atoms with Gasteiger partial charge in [0.1, 0.15) is 5.75 Å². The van der Waals surface area contributed by atoms with Crippen molar-refractivity contribution in [3.8, 4) is 5.75 Å². The zero-order valence-electron chi connectivity index (χ0n) is 13.0. The molecule has 0 bridgehead atoms. The van der Waals surface area contributed by atoms with E-state index < -0.39 is 0 Å². The average molecular weight is 325 g/mol. The Morgan fingerprint density at radius 2 is 1.87 bits per heavy atom. The van der Waals surface area contributed by atoms with Crippen molar-refractivity contribution in [3.63, 3.8) is 0 Å². The highest BCUT2D eigenvalue weighted by Crippen LogP contribution is 2.30. The lowest BCUT2D eigenvalue weighted by atomic mass is 10.1. The summed E-state index contributed by atoms with van der Waals surface area (Å²) < 4.78 is 1.15. The monoisotopic (exact) mass is 325 g/mol. The van der Waals surface area contributed by atoms with E-state index in [1.165, 1.54) is 0 Å². The molecule has 3 aromatic rings. The van der Waals surface area contributed by atoms with Crippen LogP contribution in [0.25, 0.3) is 10.1 Å². The normalized spacial score (nSPS) is 10.8. The van der Waals surface area contributed by atoms with Gasteiger partial charge in [-0.05, 0) is 54.5 Å². The highest BCUT2D eigenvalue weighted by Gasteiger charge is 2.14. The first-order chi connectivity index (χ1) is 11.1. The van der Waals surface area contributed by atoms with Crippen LogP contribution in [0.1, 0.15) is 27.2 Å². The second kappa shape index (κ2) is 6.84. The standard InChI is InChI=1S/C19H19NO2S/c1-13-16-6-2-3-7-17(16)23-18(13)19(22)20-12-4-5-14-8-10-15(21)11-9-14/h2-3,6-11,21H,4-5,12H2,1H3,(H,20,22). The lowest BCUT2D eigenvalue weighted by molar-refractivity contribution is 0.0957. The van der Waals surface area contributed by atoms with Crippen LogP contribution in [0.15, 0.2) is 48.5 Å². The molecule has 0 saturated carbocycles. The van der Waals surface area contributed by atoms with Gasteiger partial charge in [-0.3, -0.25) is 4.79 Å². The molecule has 0 spiro atoms. The first-order valence-corrected chi connectivity index (χ1v) is 8.51. The van der Waals surface area contributed by atoms with Gasteiger partial charge in [0.25, 0.3) is 5.91 Å². The quantitative estimate of drug-likeness (QED) is 0.688. The van der Waals surface area contributed by atoms with Gasteiger partial charge in [-0.15, -0.1) is 11.3 Å². The zero-order valence-corrected chi connectivity index (χ0v) is 13.8. The minimum Gasteiger partial charge on any atom is -0.508 e. The Labute approximate surface area is 139 Å². The van der Waals surface area contributed by atoms with E-state index in [0.717, 1.165) is 38.9 Å². The Kier molecular flexibility index (Phi) is 4.63. The molecule has 0 aliphatic rings. The fourth-order valence-corrected chi connectivity index (χ4v) is 3.75. The summed E-state index contributed by atoms with van der Waals surface area (Å²) in [6.45, 7) is 2.65. The molecule has 3 nitrogen and oxygen atoms in total. The van der Waals surface area contributed by atoms with Crippen molar-refractivity contribution in [1.29, 1.82) is 0 Å². The SMILES string of the molecule is Cc1c(C(=O)NCCCc2ccc(O)cc2)sc2ccccc12. The van der Waals surface area contributed by atoms with Crippen LogP contribution < -0.4 is 5.32 Å². The number of rotatable bonds is 5. The van der Waals surface area contributed by atoms with Crippen LogP contribution in [0.4, 0.5) is 0 Å². The Morgan fingerprint density at radius 3 is 2.61 bits per heavy atom. The van der Waals surface area contributed by atoms with Gasteiger partial charge in [-0.25, -0.2) is 0 Å². The molecule has 118 valence electrons. The number of phenolic OH excluding ortho intramolecular Hbond substituents is 1. The molecule has 1 heterocycles. The molecule has 23 heavy (non-hydrogen) atoms. The highest BCUT2D eigenvalue weighted by atomic mass is 32.1. The number of phenols is 1. The van der Waals surface area contributed by atoms with Gasteiger partial charge < -0.3 is 10.4 Å². The molecule has 1 aromatic heterocycles. The second-order valence-corrected chi connectivity index (χ2v) is 6.63. The predicted octanol–water partition coefficient (Wildman–Crippen LogP) is 4.28. The van der Waals surface area contributed by atoms with Crippen molar-refractivity contribution < 1.29 is 9.90 Å². The van der Waals surface area contributed by atoms with Crippen molar-refractivity contribution in [2.45, 2.75) is 19.8 Å². The maximum atomic E-state index is 12.4. The molecule has 0 fully saturated rings. The number of hydrogen-bond acceptors (Lipinski definition) is 3. The van der Waals surface area contributed by atoms with Crippen molar-refractivity contribution in [2.75, 3.05) is 6.54 Å². The summed E-state index contributed by atoms with van der Waals surface area (Å²) in [7, 11) is 0. The molecule has 2 N–H and O–H groups in total. The number of nitrogens with one attached hydrogen (secondary N) is 1. The smallest absolute Gasteiger partial charge is 0.261 e. The van der Waals surface area contributed by atoms with Gasteiger partial charge in [0.05, 0.1) is 4.88 Å². The molecule has 0 aliphatic heterocycles. The minimum atomic E-state index is 0.00871. The summed E-state index contributed by atoms with van der Waals surface area (Å²) in [4.78, 5) is 13.2. The number of carbonyl (C=O) groups is 1. The second-order valence-electron chi connectivity index (χ2n) is 5.58. The van der Waals surface area contributed by atoms with Crippen molar-refractivity contribution >= 4 is 27.3 Å². The highest BCUT2D eigenvalue weighted by molar-refractivity contribution is 7.21. The van der Waals surface area contributed by atoms with E-state index >= 15 is 0 Å². The van der Waals surface area contributed by atoms with E-state index in [1.54, 1.807) is 23.5 Å². The van der Waals surface area contributed by atoms with Gasteiger partial charge in [-0.1, -0.05) is 30.3 Å². The molecule has 0 aliphatic carbocycles. The van der Waals surface area contributed by atoms with Crippen molar-refractivity contribution in [2.24, 2.45) is 0 Å². The average Bonchev–Trinajstić information content (AvgIpc) is 2.90. The topological polar surface area (TPSA) is 49.3 Å². The first kappa shape index (κ1) is 15.6. The number of thiophene rings is 1. The number of benzene rings is 2. The summed E-state index contributed by atoms with van der Waals surface area (Å²) >= 11 is 1.55. The third kappa shape index (κ3) is 3.54. The van der Waals surface area contributed by atoms with Crippen LogP contribution in [0.5, 0.6) is 5.75 Å². The van der Waals surface area contributed by atoms with Gasteiger partial charge in [0, 0.05) is 11.2 Å². The molecule has 0 saturated heterocycles. The lowest BCUT2D eigenvalue weighted by Gasteiger charge is -2.05. The molecule has 3 rings (SSSR count). The zero-order chi connectivity index (χ0) is 16.2. The predicted molar refractivity (Wildman–Crippen MR) is 95.3 cm³/mol. The molecule has 0 unspecified atom stereocenters. The van der Waals surface area contributed by atoms with E-state index in [1.807, 2.05) is 31.2 Å². The third-order valence-electron chi connectivity index (χ3n) is 3.91. The van der Waals surface area contributed by atoms with Gasteiger partial charge >= 0.3 is 0 Å². The molecular weight excluding hydrogens is 306 g/mol. The largest absolute Gasteiger partial charge is 0.508 e. The maximum Gasteiger partial charge on any atom is 0.261 e. The Morgan fingerprint density at radius 1 is 1.13 bits per heavy atom. The molecule has 2 aromatic carbocycles. The molecular formula is C19H19NO2S. The van der Waals surface area contributed by atoms with Crippen molar-refractivity contribution in [3.05, 3.63) is 64.5 Å². The number of hydrogen-bond donors (Lipinski definition) is 2. The van der Waals surface area contributed by atoms with Gasteiger partial charge in [-0.2, -0.15) is 0 Å². The molecule has 0 radical (unpaired) electrons. The Balaban J connectivity index is 1.56. The van der Waals surface area contributed by atoms with Crippen LogP contribution in [-0.4, -0.2) is 17.6 Å². The summed E-state index contributed by atoms with van der Waals surface area (Å²) in [5.41, 5.74) is 2.22. The van der Waals surface area contributed by atoms with E-state index in [4.69, 9.17) is 0 Å². The maximum absolute atomic E-state index is 12.4. The Bertz CT molecular complexity index is 821. The summed E-state index contributed by atoms with van der Waals surface area (Å²) in [5.74, 6) is 0.289. The number of aromatic hydroxyl groups is 1. The van der Waals surface area contributed by atoms with Crippen molar-refractivity contribution in [1.82, 2.24) is 5.32 Å². The summed E-state index contributed by atoms with van der Waals surface area (Å²) in [6, 6.07) is 15.3. The van der Waals surface area contributed by atoms with Crippen LogP contribution in [0, 0.1) is 6.92 Å². The number of aryl methyl sites for hydroxylation is 2. The first-order valence-electron chi connectivity index (χ1n) is 7.69. The summed E-state index contributed by atoms with van der Waals surface area (Å²) in [6.07, 6.45) is 1.76. The summed E-state index contributed by atoms with van der Waals surface area (Å²) in [5, 5.41) is 13.4. The van der Waals surface area contributed by atoms with Crippen LogP contribution in [-0.2, 0) is 6.42 Å². The van der Waals surface area contributed by atoms with E-state index in [0.29, 0.717) is 6.54 Å². The van der Waals surface area contributed by atoms with Crippen LogP contribution >= 0.6 is 11.3 Å². The number of amides is 1. The molecule has 0 atom stereocenters. The molecule has 4 heteroatoms.